The molecule has 1 aliphatic heterocycles. The van der Waals surface area contributed by atoms with Gasteiger partial charge in [-0.15, -0.1) is 11.3 Å². The van der Waals surface area contributed by atoms with Crippen molar-refractivity contribution in [1.82, 2.24) is 14.9 Å². The van der Waals surface area contributed by atoms with Crippen LogP contribution < -0.4 is 4.74 Å². The monoisotopic (exact) mass is 541 g/mol. The molecule has 6 rings (SSSR count). The summed E-state index contributed by atoms with van der Waals surface area (Å²) < 4.78 is 6.76. The first kappa shape index (κ1) is 22.7. The second-order valence-corrected chi connectivity index (χ2v) is 10.7. The molecular weight excluding hydrogens is 525 g/mol. The number of aryl methyl sites for hydroxylation is 1. The zero-order valence-electron chi connectivity index (χ0n) is 18.5. The van der Waals surface area contributed by atoms with E-state index in [0.717, 1.165) is 44.0 Å². The normalized spacial score (nSPS) is 13.7. The van der Waals surface area contributed by atoms with Gasteiger partial charge in [0.15, 0.2) is 0 Å². The number of hydrogen-bond donors (Lipinski definition) is 1. The van der Waals surface area contributed by atoms with E-state index in [0.29, 0.717) is 45.0 Å². The van der Waals surface area contributed by atoms with E-state index < -0.39 is 0 Å². The summed E-state index contributed by atoms with van der Waals surface area (Å²) >= 11 is 20.4. The van der Waals surface area contributed by atoms with Gasteiger partial charge in [0.05, 0.1) is 27.6 Å². The van der Waals surface area contributed by atoms with Crippen LogP contribution in [-0.4, -0.2) is 33.9 Å². The molecule has 0 fully saturated rings. The van der Waals surface area contributed by atoms with Crippen molar-refractivity contribution in [2.24, 2.45) is 0 Å². The molecule has 0 atom stereocenters. The molecule has 1 N–H and O–H groups in total. The molecule has 3 aromatic carbocycles. The van der Waals surface area contributed by atoms with Gasteiger partial charge in [0.1, 0.15) is 23.1 Å². The van der Waals surface area contributed by atoms with Crippen LogP contribution in [0.5, 0.6) is 5.75 Å². The number of carbonyl (C=O) groups excluding carboxylic acids is 1. The highest BCUT2D eigenvalue weighted by atomic mass is 35.5. The second kappa shape index (κ2) is 8.71. The van der Waals surface area contributed by atoms with Gasteiger partial charge in [-0.05, 0) is 54.4 Å². The van der Waals surface area contributed by atoms with Crippen LogP contribution in [0.4, 0.5) is 0 Å². The number of H-pyrrole nitrogens is 1. The molecule has 1 aliphatic rings. The number of imidazole rings is 1. The average molecular weight is 543 g/mol. The molecule has 35 heavy (non-hydrogen) atoms. The largest absolute Gasteiger partial charge is 0.491 e. The lowest BCUT2D eigenvalue weighted by atomic mass is 10.0. The summed E-state index contributed by atoms with van der Waals surface area (Å²) in [6, 6.07) is 15.6. The van der Waals surface area contributed by atoms with Gasteiger partial charge in [-0.2, -0.15) is 0 Å². The lowest BCUT2D eigenvalue weighted by molar-refractivity contribution is 0.0738. The molecule has 0 spiro atoms. The average Bonchev–Trinajstić information content (AvgIpc) is 3.27. The molecule has 176 valence electrons. The van der Waals surface area contributed by atoms with Crippen LogP contribution >= 0.6 is 46.1 Å². The Morgan fingerprint density at radius 3 is 2.74 bits per heavy atom. The van der Waals surface area contributed by atoms with Crippen molar-refractivity contribution < 1.29 is 9.53 Å². The molecule has 5 nitrogen and oxygen atoms in total. The zero-order valence-corrected chi connectivity index (χ0v) is 21.6. The number of thiophene rings is 1. The molecule has 0 radical (unpaired) electrons. The highest BCUT2D eigenvalue weighted by molar-refractivity contribution is 7.21. The van der Waals surface area contributed by atoms with Crippen molar-refractivity contribution in [3.63, 3.8) is 0 Å². The van der Waals surface area contributed by atoms with Gasteiger partial charge in [0.2, 0.25) is 0 Å². The number of halogens is 3. The molecule has 0 bridgehead atoms. The minimum absolute atomic E-state index is 0.153. The topological polar surface area (TPSA) is 58.2 Å². The van der Waals surface area contributed by atoms with Crippen LogP contribution in [0.1, 0.15) is 21.1 Å². The number of ether oxygens (including phenoxy) is 1. The summed E-state index contributed by atoms with van der Waals surface area (Å²) in [5.74, 6) is 1.50. The Morgan fingerprint density at radius 1 is 1.09 bits per heavy atom. The fourth-order valence-corrected chi connectivity index (χ4v) is 6.80. The number of aromatic nitrogens is 2. The third kappa shape index (κ3) is 4.04. The lowest BCUT2D eigenvalue weighted by Gasteiger charge is -2.19. The third-order valence-electron chi connectivity index (χ3n) is 6.11. The van der Waals surface area contributed by atoms with E-state index in [1.165, 1.54) is 11.3 Å². The number of benzene rings is 3. The third-order valence-corrected chi connectivity index (χ3v) is 8.24. The first-order chi connectivity index (χ1) is 16.9. The van der Waals surface area contributed by atoms with Gasteiger partial charge in [-0.1, -0.05) is 46.9 Å². The summed E-state index contributed by atoms with van der Waals surface area (Å²) in [5.41, 5.74) is 4.96. The molecule has 5 aromatic rings. The van der Waals surface area contributed by atoms with E-state index >= 15 is 0 Å². The first-order valence-electron chi connectivity index (χ1n) is 11.0. The maximum Gasteiger partial charge on any atom is 0.265 e. The number of aromatic amines is 1. The molecule has 0 unspecified atom stereocenters. The van der Waals surface area contributed by atoms with Gasteiger partial charge in [0, 0.05) is 27.2 Å². The van der Waals surface area contributed by atoms with E-state index in [1.54, 1.807) is 17.0 Å². The van der Waals surface area contributed by atoms with Crippen LogP contribution in [0.15, 0.2) is 48.5 Å². The Balaban J connectivity index is 1.34. The molecule has 0 saturated carbocycles. The van der Waals surface area contributed by atoms with E-state index in [1.807, 2.05) is 25.1 Å². The van der Waals surface area contributed by atoms with E-state index in [9.17, 15) is 4.79 Å². The number of hydrogen-bond acceptors (Lipinski definition) is 4. The Bertz CT molecular complexity index is 1640. The maximum atomic E-state index is 13.6. The van der Waals surface area contributed by atoms with E-state index in [4.69, 9.17) is 39.5 Å². The summed E-state index contributed by atoms with van der Waals surface area (Å²) in [5, 5.41) is 1.96. The quantitative estimate of drug-likeness (QED) is 0.248. The Labute approximate surface area is 220 Å². The summed E-state index contributed by atoms with van der Waals surface area (Å²) in [6.45, 7) is 3.19. The van der Waals surface area contributed by atoms with Gasteiger partial charge < -0.3 is 14.6 Å². The Hall–Kier alpha value is -2.77. The molecule has 1 amide bonds. The van der Waals surface area contributed by atoms with Gasteiger partial charge in [-0.3, -0.25) is 4.79 Å². The highest BCUT2D eigenvalue weighted by Crippen LogP contribution is 2.42. The highest BCUT2D eigenvalue weighted by Gasteiger charge is 2.26. The number of nitrogens with one attached hydrogen (secondary N) is 1. The first-order valence-corrected chi connectivity index (χ1v) is 12.9. The summed E-state index contributed by atoms with van der Waals surface area (Å²) in [7, 11) is 0. The Morgan fingerprint density at radius 2 is 1.89 bits per heavy atom. The molecule has 0 aliphatic carbocycles. The minimum atomic E-state index is -0.153. The van der Waals surface area contributed by atoms with Crippen molar-refractivity contribution in [2.75, 3.05) is 13.2 Å². The zero-order chi connectivity index (χ0) is 24.3. The number of fused-ring (bicyclic) bond motifs is 3. The smallest absolute Gasteiger partial charge is 0.265 e. The number of nitrogens with zero attached hydrogens (tertiary/aromatic N) is 2. The van der Waals surface area contributed by atoms with Gasteiger partial charge in [0.25, 0.3) is 5.91 Å². The second-order valence-electron chi connectivity index (χ2n) is 8.46. The molecular formula is C26H18Cl3N3O2S. The summed E-state index contributed by atoms with van der Waals surface area (Å²) in [4.78, 5) is 23.5. The molecule has 2 aromatic heterocycles. The fourth-order valence-electron chi connectivity index (χ4n) is 4.46. The molecule has 9 heteroatoms. The fraction of sp³-hybridized carbons (Fsp3) is 0.154. The van der Waals surface area contributed by atoms with Crippen LogP contribution in [0.3, 0.4) is 0 Å². The van der Waals surface area contributed by atoms with Crippen LogP contribution in [0, 0.1) is 6.92 Å². The van der Waals surface area contributed by atoms with Crippen LogP contribution in [-0.2, 0) is 6.54 Å². The van der Waals surface area contributed by atoms with Crippen LogP contribution in [0.25, 0.3) is 32.2 Å². The SMILES string of the molecule is Cc1nc2ccc(-c3ccc4c(c3)CN(C(=O)c3sc5cc(Cl)cc(Cl)c5c3Cl)CCO4)cc2[nH]1. The maximum absolute atomic E-state index is 13.6. The van der Waals surface area contributed by atoms with Crippen molar-refractivity contribution in [1.29, 1.82) is 0 Å². The van der Waals surface area contributed by atoms with E-state index in [-0.39, 0.29) is 5.91 Å². The van der Waals surface area contributed by atoms with Crippen molar-refractivity contribution in [3.05, 3.63) is 79.9 Å². The van der Waals surface area contributed by atoms with E-state index in [2.05, 4.69) is 28.2 Å². The number of amides is 1. The number of carbonyl (C=O) groups is 1. The summed E-state index contributed by atoms with van der Waals surface area (Å²) in [6.07, 6.45) is 0. The lowest BCUT2D eigenvalue weighted by Crippen LogP contribution is -2.32. The number of rotatable bonds is 2. The van der Waals surface area contributed by atoms with Gasteiger partial charge >= 0.3 is 0 Å². The van der Waals surface area contributed by atoms with Crippen molar-refractivity contribution in [2.45, 2.75) is 13.5 Å². The standard InChI is InChI=1S/C26H18Cl3N3O2S/c1-13-30-19-4-2-15(9-20(19)31-13)14-3-5-21-16(8-14)12-32(6-7-34-21)26(33)25-24(29)23-18(28)10-17(27)11-22(23)35-25/h2-5,8-11H,6-7,12H2,1H3,(H,30,31). The molecule has 0 saturated heterocycles. The predicted molar refractivity (Wildman–Crippen MR) is 143 cm³/mol. The Kier molecular flexibility index (Phi) is 5.65. The minimum Gasteiger partial charge on any atom is -0.491 e. The van der Waals surface area contributed by atoms with Gasteiger partial charge in [-0.25, -0.2) is 4.98 Å². The predicted octanol–water partition coefficient (Wildman–Crippen LogP) is 7.75. The molecule has 3 heterocycles. The van der Waals surface area contributed by atoms with Crippen LogP contribution in [0.2, 0.25) is 15.1 Å². The van der Waals surface area contributed by atoms with Crippen molar-refractivity contribution >= 4 is 73.2 Å². The van der Waals surface area contributed by atoms with Crippen molar-refractivity contribution in [3.8, 4) is 16.9 Å².